The number of ether oxygens (including phenoxy) is 1. The zero-order valence-electron chi connectivity index (χ0n) is 8.19. The Morgan fingerprint density at radius 2 is 2.40 bits per heavy atom. The first kappa shape index (κ1) is 10.8. The van der Waals surface area contributed by atoms with Gasteiger partial charge in [0.2, 0.25) is 5.96 Å². The molecule has 0 bridgehead atoms. The van der Waals surface area contributed by atoms with E-state index in [0.717, 1.165) is 5.56 Å². The van der Waals surface area contributed by atoms with Crippen molar-refractivity contribution in [1.82, 2.24) is 5.43 Å². The number of phenolic OH excluding ortho intramolecular Hbond substituents is 1. The lowest BCUT2D eigenvalue weighted by molar-refractivity contribution is 0.373. The van der Waals surface area contributed by atoms with Crippen molar-refractivity contribution in [3.63, 3.8) is 0 Å². The Bertz CT molecular complexity index is 390. The molecule has 5 N–H and O–H groups in total. The molecule has 0 aliphatic rings. The topological polar surface area (TPSA) is 104 Å². The van der Waals surface area contributed by atoms with Crippen molar-refractivity contribution in [2.75, 3.05) is 7.11 Å². The molecule has 0 saturated carbocycles. The van der Waals surface area contributed by atoms with E-state index in [1.807, 2.05) is 0 Å². The molecule has 1 rings (SSSR count). The van der Waals surface area contributed by atoms with Crippen molar-refractivity contribution in [1.29, 1.82) is 5.41 Å². The first-order valence-electron chi connectivity index (χ1n) is 4.13. The number of phenols is 1. The third-order valence-electron chi connectivity index (χ3n) is 1.60. The van der Waals surface area contributed by atoms with Gasteiger partial charge in [-0.15, -0.1) is 0 Å². The third kappa shape index (κ3) is 3.18. The van der Waals surface area contributed by atoms with Crippen LogP contribution in [-0.2, 0) is 0 Å². The Balaban J connectivity index is 2.78. The largest absolute Gasteiger partial charge is 0.504 e. The van der Waals surface area contributed by atoms with Gasteiger partial charge in [-0.2, -0.15) is 5.10 Å². The van der Waals surface area contributed by atoms with Crippen LogP contribution in [0.1, 0.15) is 5.56 Å². The molecule has 0 aliphatic carbocycles. The first-order chi connectivity index (χ1) is 7.13. The molecule has 15 heavy (non-hydrogen) atoms. The summed E-state index contributed by atoms with van der Waals surface area (Å²) in [6, 6.07) is 4.76. The molecule has 0 heterocycles. The Hall–Kier alpha value is -2.24. The first-order valence-corrected chi connectivity index (χ1v) is 4.13. The van der Waals surface area contributed by atoms with Gasteiger partial charge in [-0.3, -0.25) is 5.41 Å². The van der Waals surface area contributed by atoms with Crippen LogP contribution in [0.25, 0.3) is 0 Å². The summed E-state index contributed by atoms with van der Waals surface area (Å²) in [5.41, 5.74) is 8.02. The maximum Gasteiger partial charge on any atom is 0.206 e. The van der Waals surface area contributed by atoms with Gasteiger partial charge in [0.15, 0.2) is 11.5 Å². The average Bonchev–Trinajstić information content (AvgIpc) is 2.20. The molecule has 0 saturated heterocycles. The molecular formula is C9H12N4O2. The van der Waals surface area contributed by atoms with Crippen LogP contribution in [0.3, 0.4) is 0 Å². The SMILES string of the molecule is COc1cc(/C=N\NC(=N)N)ccc1O. The molecule has 0 aliphatic heterocycles. The highest BCUT2D eigenvalue weighted by Crippen LogP contribution is 2.25. The number of nitrogens with zero attached hydrogens (tertiary/aromatic N) is 1. The number of aromatic hydroxyl groups is 1. The van der Waals surface area contributed by atoms with Crippen LogP contribution in [0, 0.1) is 5.41 Å². The number of hydrogen-bond donors (Lipinski definition) is 4. The summed E-state index contributed by atoms with van der Waals surface area (Å²) in [4.78, 5) is 0. The van der Waals surface area contributed by atoms with E-state index in [4.69, 9.17) is 15.9 Å². The van der Waals surface area contributed by atoms with Crippen molar-refractivity contribution in [2.45, 2.75) is 0 Å². The monoisotopic (exact) mass is 208 g/mol. The maximum atomic E-state index is 9.31. The lowest BCUT2D eigenvalue weighted by Crippen LogP contribution is -2.25. The second kappa shape index (κ2) is 4.85. The molecule has 6 heteroatoms. The van der Waals surface area contributed by atoms with Crippen molar-refractivity contribution in [3.8, 4) is 11.5 Å². The zero-order valence-corrected chi connectivity index (χ0v) is 8.19. The molecule has 0 unspecified atom stereocenters. The normalized spacial score (nSPS) is 10.2. The standard InChI is InChI=1S/C9H12N4O2/c1-15-8-4-6(2-3-7(8)14)5-12-13-9(10)11/h2-5,14H,1H3,(H4,10,11,13)/b12-5-. The second-order valence-corrected chi connectivity index (χ2v) is 2.71. The molecule has 0 radical (unpaired) electrons. The van der Waals surface area contributed by atoms with Crippen LogP contribution in [0.4, 0.5) is 0 Å². The number of hydrogen-bond acceptors (Lipinski definition) is 4. The predicted octanol–water partition coefficient (Wildman–Crippen LogP) is 0.218. The molecule has 6 nitrogen and oxygen atoms in total. The summed E-state index contributed by atoms with van der Waals surface area (Å²) < 4.78 is 4.91. The minimum atomic E-state index is -0.239. The lowest BCUT2D eigenvalue weighted by Gasteiger charge is -2.03. The van der Waals surface area contributed by atoms with Gasteiger partial charge < -0.3 is 15.6 Å². The van der Waals surface area contributed by atoms with E-state index in [1.165, 1.54) is 19.4 Å². The van der Waals surface area contributed by atoms with Gasteiger partial charge in [0.25, 0.3) is 0 Å². The number of guanidine groups is 1. The highest BCUT2D eigenvalue weighted by Gasteiger charge is 2.00. The van der Waals surface area contributed by atoms with E-state index < -0.39 is 0 Å². The van der Waals surface area contributed by atoms with Gasteiger partial charge in [0.05, 0.1) is 13.3 Å². The Kier molecular flexibility index (Phi) is 3.50. The number of methoxy groups -OCH3 is 1. The average molecular weight is 208 g/mol. The molecule has 1 aromatic carbocycles. The quantitative estimate of drug-likeness (QED) is 0.324. The molecule has 0 spiro atoms. The van der Waals surface area contributed by atoms with E-state index >= 15 is 0 Å². The number of benzene rings is 1. The molecule has 0 fully saturated rings. The van der Waals surface area contributed by atoms with E-state index in [9.17, 15) is 5.11 Å². The van der Waals surface area contributed by atoms with E-state index in [1.54, 1.807) is 12.1 Å². The van der Waals surface area contributed by atoms with Crippen molar-refractivity contribution < 1.29 is 9.84 Å². The van der Waals surface area contributed by atoms with Crippen molar-refractivity contribution in [3.05, 3.63) is 23.8 Å². The van der Waals surface area contributed by atoms with Gasteiger partial charge in [-0.05, 0) is 23.8 Å². The molecule has 1 aromatic rings. The van der Waals surface area contributed by atoms with Crippen LogP contribution >= 0.6 is 0 Å². The maximum absolute atomic E-state index is 9.31. The summed E-state index contributed by atoms with van der Waals surface area (Å²) in [6.07, 6.45) is 1.46. The van der Waals surface area contributed by atoms with Crippen molar-refractivity contribution in [2.24, 2.45) is 10.8 Å². The van der Waals surface area contributed by atoms with Gasteiger partial charge in [0.1, 0.15) is 0 Å². The molecular weight excluding hydrogens is 196 g/mol. The fraction of sp³-hybridized carbons (Fsp3) is 0.111. The zero-order chi connectivity index (χ0) is 11.3. The number of rotatable bonds is 3. The Morgan fingerprint density at radius 1 is 1.67 bits per heavy atom. The van der Waals surface area contributed by atoms with E-state index in [-0.39, 0.29) is 11.7 Å². The van der Waals surface area contributed by atoms with Crippen molar-refractivity contribution >= 4 is 12.2 Å². The number of hydrazone groups is 1. The van der Waals surface area contributed by atoms with Gasteiger partial charge in [-0.1, -0.05) is 0 Å². The van der Waals surface area contributed by atoms with Crippen LogP contribution in [0.5, 0.6) is 11.5 Å². The highest BCUT2D eigenvalue weighted by molar-refractivity contribution is 5.82. The summed E-state index contributed by atoms with van der Waals surface area (Å²) in [5, 5.41) is 19.9. The molecule has 0 amide bonds. The minimum Gasteiger partial charge on any atom is -0.504 e. The molecule has 0 atom stereocenters. The van der Waals surface area contributed by atoms with E-state index in [0.29, 0.717) is 5.75 Å². The summed E-state index contributed by atoms with van der Waals surface area (Å²) in [7, 11) is 1.46. The molecule has 80 valence electrons. The Morgan fingerprint density at radius 3 is 3.00 bits per heavy atom. The van der Waals surface area contributed by atoms with Gasteiger partial charge in [-0.25, -0.2) is 5.43 Å². The summed E-state index contributed by atoms with van der Waals surface area (Å²) >= 11 is 0. The van der Waals surface area contributed by atoms with Crippen LogP contribution in [0.2, 0.25) is 0 Å². The minimum absolute atomic E-state index is 0.0641. The summed E-state index contributed by atoms with van der Waals surface area (Å²) in [6.45, 7) is 0. The fourth-order valence-electron chi connectivity index (χ4n) is 0.951. The summed E-state index contributed by atoms with van der Waals surface area (Å²) in [5.74, 6) is 0.188. The van der Waals surface area contributed by atoms with Crippen LogP contribution in [-0.4, -0.2) is 24.4 Å². The van der Waals surface area contributed by atoms with Gasteiger partial charge in [0, 0.05) is 0 Å². The fourth-order valence-corrected chi connectivity index (χ4v) is 0.951. The highest BCUT2D eigenvalue weighted by atomic mass is 16.5. The smallest absolute Gasteiger partial charge is 0.206 e. The predicted molar refractivity (Wildman–Crippen MR) is 57.3 cm³/mol. The number of nitrogens with two attached hydrogens (primary N) is 1. The molecule has 0 aromatic heterocycles. The van der Waals surface area contributed by atoms with E-state index in [2.05, 4.69) is 10.5 Å². The van der Waals surface area contributed by atoms with Crippen LogP contribution in [0.15, 0.2) is 23.3 Å². The lowest BCUT2D eigenvalue weighted by atomic mass is 10.2. The van der Waals surface area contributed by atoms with Gasteiger partial charge >= 0.3 is 0 Å². The van der Waals surface area contributed by atoms with Crippen LogP contribution < -0.4 is 15.9 Å². The number of nitrogens with one attached hydrogen (secondary N) is 2. The Labute approximate surface area is 86.9 Å². The third-order valence-corrected chi connectivity index (χ3v) is 1.60. The second-order valence-electron chi connectivity index (χ2n) is 2.71.